The number of ether oxygens (including phenoxy) is 1. The molecule has 3 N–H and O–H groups in total. The van der Waals surface area contributed by atoms with Gasteiger partial charge in [0.05, 0.1) is 12.2 Å². The van der Waals surface area contributed by atoms with Crippen LogP contribution in [0.25, 0.3) is 0 Å². The molecule has 144 valence electrons. The molecule has 0 fully saturated rings. The normalized spacial score (nSPS) is 13.3. The van der Waals surface area contributed by atoms with Gasteiger partial charge in [-0.15, -0.1) is 11.3 Å². The van der Waals surface area contributed by atoms with Gasteiger partial charge in [0.2, 0.25) is 0 Å². The molecule has 0 radical (unpaired) electrons. The second kappa shape index (κ2) is 8.57. The number of amides is 2. The van der Waals surface area contributed by atoms with E-state index in [0.29, 0.717) is 28.7 Å². The zero-order valence-corrected chi connectivity index (χ0v) is 16.7. The van der Waals surface area contributed by atoms with Crippen LogP contribution in [0.2, 0.25) is 0 Å². The first-order chi connectivity index (χ1) is 13.0. The molecule has 2 amide bonds. The Balaban J connectivity index is 1.70. The summed E-state index contributed by atoms with van der Waals surface area (Å²) in [4.78, 5) is 25.7. The summed E-state index contributed by atoms with van der Waals surface area (Å²) in [6.07, 6.45) is 4.94. The van der Waals surface area contributed by atoms with Crippen molar-refractivity contribution in [3.05, 3.63) is 45.8 Å². The molecule has 0 aliphatic heterocycles. The van der Waals surface area contributed by atoms with Gasteiger partial charge in [0.25, 0.3) is 11.8 Å². The minimum atomic E-state index is -0.474. The Hall–Kier alpha value is -2.34. The second-order valence-corrected chi connectivity index (χ2v) is 8.39. The molecule has 1 aromatic carbocycles. The highest BCUT2D eigenvalue weighted by Gasteiger charge is 2.25. The van der Waals surface area contributed by atoms with Crippen LogP contribution in [0.15, 0.2) is 24.3 Å². The molecule has 1 heterocycles. The summed E-state index contributed by atoms with van der Waals surface area (Å²) in [6, 6.07) is 7.06. The number of aryl methyl sites for hydroxylation is 1. The number of carbonyl (C=O) groups is 2. The van der Waals surface area contributed by atoms with Crippen LogP contribution >= 0.6 is 11.3 Å². The predicted molar refractivity (Wildman–Crippen MR) is 109 cm³/mol. The van der Waals surface area contributed by atoms with Gasteiger partial charge in [-0.25, -0.2) is 0 Å². The average Bonchev–Trinajstić information content (AvgIpc) is 3.00. The first kappa shape index (κ1) is 19.4. The maximum absolute atomic E-state index is 12.6. The van der Waals surface area contributed by atoms with Crippen LogP contribution in [-0.4, -0.2) is 18.4 Å². The van der Waals surface area contributed by atoms with Gasteiger partial charge in [0.1, 0.15) is 10.8 Å². The fraction of sp³-hybridized carbons (Fsp3) is 0.429. The van der Waals surface area contributed by atoms with E-state index in [0.717, 1.165) is 43.4 Å². The molecule has 0 spiro atoms. The third-order valence-electron chi connectivity index (χ3n) is 4.73. The highest BCUT2D eigenvalue weighted by Crippen LogP contribution is 2.38. The molecule has 27 heavy (non-hydrogen) atoms. The summed E-state index contributed by atoms with van der Waals surface area (Å²) >= 11 is 1.47. The second-order valence-electron chi connectivity index (χ2n) is 7.29. The van der Waals surface area contributed by atoms with Gasteiger partial charge < -0.3 is 15.8 Å². The molecular weight excluding hydrogens is 360 g/mol. The number of thiophene rings is 1. The standard InChI is InChI=1S/C21H26N2O3S/c1-13(2)11-12-26-15-9-7-14(8-10-15)20(25)23-21-18(19(22)24)16-5-3-4-6-17(16)27-21/h7-10,13H,3-6,11-12H2,1-2H3,(H2,22,24)(H,23,25). The van der Waals surface area contributed by atoms with Crippen molar-refractivity contribution >= 4 is 28.2 Å². The molecule has 0 atom stereocenters. The van der Waals surface area contributed by atoms with Crippen molar-refractivity contribution in [2.45, 2.75) is 46.0 Å². The van der Waals surface area contributed by atoms with Crippen molar-refractivity contribution in [2.75, 3.05) is 11.9 Å². The van der Waals surface area contributed by atoms with Crippen molar-refractivity contribution in [2.24, 2.45) is 11.7 Å². The largest absolute Gasteiger partial charge is 0.494 e. The monoisotopic (exact) mass is 386 g/mol. The lowest BCUT2D eigenvalue weighted by atomic mass is 9.95. The predicted octanol–water partition coefficient (Wildman–Crippen LogP) is 4.40. The average molecular weight is 387 g/mol. The van der Waals surface area contributed by atoms with Crippen LogP contribution in [0.4, 0.5) is 5.00 Å². The molecule has 0 bridgehead atoms. The minimum absolute atomic E-state index is 0.246. The molecule has 1 aromatic heterocycles. The van der Waals surface area contributed by atoms with Crippen molar-refractivity contribution in [1.29, 1.82) is 0 Å². The van der Waals surface area contributed by atoms with Crippen LogP contribution < -0.4 is 15.8 Å². The van der Waals surface area contributed by atoms with E-state index in [4.69, 9.17) is 10.5 Å². The van der Waals surface area contributed by atoms with E-state index in [1.807, 2.05) is 0 Å². The fourth-order valence-corrected chi connectivity index (χ4v) is 4.49. The number of nitrogens with one attached hydrogen (secondary N) is 1. The third kappa shape index (κ3) is 4.69. The van der Waals surface area contributed by atoms with E-state index in [9.17, 15) is 9.59 Å². The van der Waals surface area contributed by atoms with Crippen molar-refractivity contribution in [3.8, 4) is 5.75 Å². The van der Waals surface area contributed by atoms with Gasteiger partial charge in [0.15, 0.2) is 0 Å². The SMILES string of the molecule is CC(C)CCOc1ccc(C(=O)Nc2sc3c(c2C(N)=O)CCCC3)cc1. The summed E-state index contributed by atoms with van der Waals surface area (Å²) in [7, 11) is 0. The van der Waals surface area contributed by atoms with Gasteiger partial charge in [-0.3, -0.25) is 9.59 Å². The summed E-state index contributed by atoms with van der Waals surface area (Å²) in [5.74, 6) is 0.617. The topological polar surface area (TPSA) is 81.4 Å². The number of primary amides is 1. The molecule has 0 unspecified atom stereocenters. The Bertz CT molecular complexity index is 825. The van der Waals surface area contributed by atoms with Crippen LogP contribution in [0.3, 0.4) is 0 Å². The molecule has 3 rings (SSSR count). The number of carbonyl (C=O) groups excluding carboxylic acids is 2. The fourth-order valence-electron chi connectivity index (χ4n) is 3.20. The molecule has 1 aliphatic rings. The lowest BCUT2D eigenvalue weighted by Gasteiger charge is -2.11. The lowest BCUT2D eigenvalue weighted by Crippen LogP contribution is -2.18. The summed E-state index contributed by atoms with van der Waals surface area (Å²) in [5, 5.41) is 3.45. The molecular formula is C21H26N2O3S. The van der Waals surface area contributed by atoms with Gasteiger partial charge in [0, 0.05) is 10.4 Å². The van der Waals surface area contributed by atoms with Gasteiger partial charge >= 0.3 is 0 Å². The van der Waals surface area contributed by atoms with E-state index in [1.165, 1.54) is 16.2 Å². The van der Waals surface area contributed by atoms with Crippen molar-refractivity contribution < 1.29 is 14.3 Å². The summed E-state index contributed by atoms with van der Waals surface area (Å²) < 4.78 is 5.68. The lowest BCUT2D eigenvalue weighted by molar-refractivity contribution is 0.100. The number of nitrogens with two attached hydrogens (primary N) is 1. The van der Waals surface area contributed by atoms with Gasteiger partial charge in [-0.05, 0) is 67.9 Å². The molecule has 5 nitrogen and oxygen atoms in total. The highest BCUT2D eigenvalue weighted by atomic mass is 32.1. The van der Waals surface area contributed by atoms with Crippen LogP contribution in [0, 0.1) is 5.92 Å². The van der Waals surface area contributed by atoms with Crippen molar-refractivity contribution in [3.63, 3.8) is 0 Å². The highest BCUT2D eigenvalue weighted by molar-refractivity contribution is 7.17. The Morgan fingerprint density at radius 1 is 1.19 bits per heavy atom. The number of benzene rings is 1. The maximum atomic E-state index is 12.6. The van der Waals surface area contributed by atoms with Crippen LogP contribution in [0.5, 0.6) is 5.75 Å². The number of rotatable bonds is 7. The maximum Gasteiger partial charge on any atom is 0.256 e. The quantitative estimate of drug-likeness (QED) is 0.740. The first-order valence-corrected chi connectivity index (χ1v) is 10.3. The minimum Gasteiger partial charge on any atom is -0.494 e. The number of hydrogen-bond acceptors (Lipinski definition) is 4. The Morgan fingerprint density at radius 3 is 2.56 bits per heavy atom. The van der Waals surface area contributed by atoms with Gasteiger partial charge in [-0.2, -0.15) is 0 Å². The van der Waals surface area contributed by atoms with Crippen molar-refractivity contribution in [1.82, 2.24) is 0 Å². The zero-order valence-electron chi connectivity index (χ0n) is 15.8. The third-order valence-corrected chi connectivity index (χ3v) is 5.93. The Morgan fingerprint density at radius 2 is 1.89 bits per heavy atom. The summed E-state index contributed by atoms with van der Waals surface area (Å²) in [5.41, 5.74) is 7.61. The molecule has 1 aliphatic carbocycles. The summed E-state index contributed by atoms with van der Waals surface area (Å²) in [6.45, 7) is 4.96. The zero-order chi connectivity index (χ0) is 19.4. The van der Waals surface area contributed by atoms with Crippen LogP contribution in [-0.2, 0) is 12.8 Å². The van der Waals surface area contributed by atoms with Gasteiger partial charge in [-0.1, -0.05) is 13.8 Å². The molecule has 2 aromatic rings. The number of hydrogen-bond donors (Lipinski definition) is 2. The Labute approximate surface area is 163 Å². The number of anilines is 1. The van der Waals surface area contributed by atoms with E-state index in [-0.39, 0.29) is 5.91 Å². The van der Waals surface area contributed by atoms with E-state index < -0.39 is 5.91 Å². The molecule has 0 saturated carbocycles. The van der Waals surface area contributed by atoms with E-state index in [1.54, 1.807) is 24.3 Å². The molecule has 0 saturated heterocycles. The molecule has 6 heteroatoms. The number of fused-ring (bicyclic) bond motifs is 1. The first-order valence-electron chi connectivity index (χ1n) is 9.44. The Kier molecular flexibility index (Phi) is 6.16. The van der Waals surface area contributed by atoms with E-state index in [2.05, 4.69) is 19.2 Å². The van der Waals surface area contributed by atoms with Crippen LogP contribution in [0.1, 0.15) is 64.3 Å². The van der Waals surface area contributed by atoms with E-state index >= 15 is 0 Å². The smallest absolute Gasteiger partial charge is 0.256 e.